The van der Waals surface area contributed by atoms with Gasteiger partial charge < -0.3 is 0 Å². The largest absolute Gasteiger partial charge is 0.298 e. The molecule has 0 saturated heterocycles. The molecule has 0 aliphatic rings. The van der Waals surface area contributed by atoms with Gasteiger partial charge in [0.15, 0.2) is 0 Å². The molecule has 1 aromatic heterocycles. The van der Waals surface area contributed by atoms with Crippen molar-refractivity contribution in [2.45, 2.75) is 5.33 Å². The standard InChI is InChI=1S/C10H6BrClOS/c11-4-7-1-6-3-10(12)14-9(6)2-8(7)5-13/h1-3,5H,4H2. The Morgan fingerprint density at radius 1 is 1.43 bits per heavy atom. The van der Waals surface area contributed by atoms with Gasteiger partial charge >= 0.3 is 0 Å². The Morgan fingerprint density at radius 3 is 2.86 bits per heavy atom. The summed E-state index contributed by atoms with van der Waals surface area (Å²) in [6.45, 7) is 0. The number of thiophene rings is 1. The van der Waals surface area contributed by atoms with E-state index in [0.717, 1.165) is 31.8 Å². The highest BCUT2D eigenvalue weighted by Gasteiger charge is 2.06. The minimum Gasteiger partial charge on any atom is -0.298 e. The molecule has 72 valence electrons. The van der Waals surface area contributed by atoms with E-state index in [0.29, 0.717) is 5.33 Å². The number of benzene rings is 1. The van der Waals surface area contributed by atoms with Crippen LogP contribution in [0.4, 0.5) is 0 Å². The molecule has 0 spiro atoms. The van der Waals surface area contributed by atoms with Crippen molar-refractivity contribution in [1.29, 1.82) is 0 Å². The summed E-state index contributed by atoms with van der Waals surface area (Å²) in [5.74, 6) is 0. The minimum atomic E-state index is 0.685. The predicted octanol–water partition coefficient (Wildman–Crippen LogP) is 4.26. The lowest BCUT2D eigenvalue weighted by molar-refractivity contribution is 0.112. The molecule has 0 saturated carbocycles. The summed E-state index contributed by atoms with van der Waals surface area (Å²) in [5, 5.41) is 1.78. The van der Waals surface area contributed by atoms with Gasteiger partial charge in [-0.3, -0.25) is 4.79 Å². The number of rotatable bonds is 2. The van der Waals surface area contributed by atoms with E-state index < -0.39 is 0 Å². The molecule has 4 heteroatoms. The molecule has 0 N–H and O–H groups in total. The Hall–Kier alpha value is -0.380. The predicted molar refractivity (Wildman–Crippen MR) is 64.9 cm³/mol. The first-order valence-electron chi connectivity index (χ1n) is 3.97. The van der Waals surface area contributed by atoms with Crippen LogP contribution in [0.1, 0.15) is 15.9 Å². The molecule has 2 rings (SSSR count). The third-order valence-electron chi connectivity index (χ3n) is 2.02. The summed E-state index contributed by atoms with van der Waals surface area (Å²) in [7, 11) is 0. The fourth-order valence-electron chi connectivity index (χ4n) is 1.34. The summed E-state index contributed by atoms with van der Waals surface area (Å²) < 4.78 is 1.81. The molecule has 0 bridgehead atoms. The van der Waals surface area contributed by atoms with Gasteiger partial charge in [0.2, 0.25) is 0 Å². The lowest BCUT2D eigenvalue weighted by Crippen LogP contribution is -1.87. The number of carbonyl (C=O) groups excluding carboxylic acids is 1. The first-order valence-corrected chi connectivity index (χ1v) is 6.29. The van der Waals surface area contributed by atoms with Gasteiger partial charge in [-0.15, -0.1) is 11.3 Å². The number of carbonyl (C=O) groups is 1. The van der Waals surface area contributed by atoms with Gasteiger partial charge in [0, 0.05) is 15.6 Å². The van der Waals surface area contributed by atoms with Crippen LogP contribution in [0.25, 0.3) is 10.1 Å². The van der Waals surface area contributed by atoms with Gasteiger partial charge in [0.25, 0.3) is 0 Å². The third kappa shape index (κ3) is 1.72. The monoisotopic (exact) mass is 288 g/mol. The fourth-order valence-corrected chi connectivity index (χ4v) is 3.01. The van der Waals surface area contributed by atoms with Crippen molar-refractivity contribution in [3.8, 4) is 0 Å². The van der Waals surface area contributed by atoms with Gasteiger partial charge in [-0.25, -0.2) is 0 Å². The van der Waals surface area contributed by atoms with Crippen molar-refractivity contribution in [2.24, 2.45) is 0 Å². The van der Waals surface area contributed by atoms with E-state index in [2.05, 4.69) is 15.9 Å². The van der Waals surface area contributed by atoms with Crippen LogP contribution < -0.4 is 0 Å². The smallest absolute Gasteiger partial charge is 0.150 e. The second-order valence-corrected chi connectivity index (χ2v) is 5.17. The quantitative estimate of drug-likeness (QED) is 0.596. The maximum atomic E-state index is 10.8. The summed E-state index contributed by atoms with van der Waals surface area (Å²) in [4.78, 5) is 10.8. The lowest BCUT2D eigenvalue weighted by atomic mass is 10.1. The second-order valence-electron chi connectivity index (χ2n) is 2.89. The zero-order valence-corrected chi connectivity index (χ0v) is 10.2. The number of fused-ring (bicyclic) bond motifs is 1. The molecule has 0 amide bonds. The van der Waals surface area contributed by atoms with E-state index in [-0.39, 0.29) is 0 Å². The van der Waals surface area contributed by atoms with E-state index in [1.807, 2.05) is 18.2 Å². The van der Waals surface area contributed by atoms with Crippen molar-refractivity contribution >= 4 is 55.2 Å². The fraction of sp³-hybridized carbons (Fsp3) is 0.100. The summed E-state index contributed by atoms with van der Waals surface area (Å²) in [6.07, 6.45) is 0.879. The summed E-state index contributed by atoms with van der Waals surface area (Å²) >= 11 is 10.7. The van der Waals surface area contributed by atoms with Gasteiger partial charge in [0.05, 0.1) is 4.34 Å². The molecular formula is C10H6BrClOS. The molecule has 1 heterocycles. The van der Waals surface area contributed by atoms with Crippen LogP contribution in [0.15, 0.2) is 18.2 Å². The SMILES string of the molecule is O=Cc1cc2sc(Cl)cc2cc1CBr. The zero-order chi connectivity index (χ0) is 10.1. The molecule has 0 atom stereocenters. The number of hydrogen-bond donors (Lipinski definition) is 0. The molecule has 2 aromatic rings. The van der Waals surface area contributed by atoms with E-state index in [4.69, 9.17) is 11.6 Å². The van der Waals surface area contributed by atoms with Crippen LogP contribution in [0.2, 0.25) is 4.34 Å². The molecule has 0 aliphatic heterocycles. The molecule has 0 radical (unpaired) electrons. The van der Waals surface area contributed by atoms with Crippen molar-refractivity contribution in [3.63, 3.8) is 0 Å². The van der Waals surface area contributed by atoms with Crippen molar-refractivity contribution in [2.75, 3.05) is 0 Å². The van der Waals surface area contributed by atoms with Crippen LogP contribution in [-0.2, 0) is 5.33 Å². The van der Waals surface area contributed by atoms with E-state index in [1.54, 1.807) is 0 Å². The van der Waals surface area contributed by atoms with E-state index in [1.165, 1.54) is 11.3 Å². The average molecular weight is 290 g/mol. The van der Waals surface area contributed by atoms with Crippen molar-refractivity contribution in [3.05, 3.63) is 33.7 Å². The minimum absolute atomic E-state index is 0.685. The topological polar surface area (TPSA) is 17.1 Å². The molecule has 0 fully saturated rings. The first-order chi connectivity index (χ1) is 6.74. The maximum Gasteiger partial charge on any atom is 0.150 e. The van der Waals surface area contributed by atoms with Crippen LogP contribution in [0.3, 0.4) is 0 Å². The second kappa shape index (κ2) is 4.01. The lowest BCUT2D eigenvalue weighted by Gasteiger charge is -2.00. The summed E-state index contributed by atoms with van der Waals surface area (Å²) in [6, 6.07) is 5.80. The molecule has 0 aliphatic carbocycles. The van der Waals surface area contributed by atoms with Crippen LogP contribution >= 0.6 is 38.9 Å². The van der Waals surface area contributed by atoms with E-state index in [9.17, 15) is 4.79 Å². The number of aldehydes is 1. The Kier molecular flexibility index (Phi) is 2.91. The van der Waals surface area contributed by atoms with Gasteiger partial charge in [-0.2, -0.15) is 0 Å². The first kappa shape index (κ1) is 10.1. The van der Waals surface area contributed by atoms with E-state index >= 15 is 0 Å². The Balaban J connectivity index is 2.74. The number of hydrogen-bond acceptors (Lipinski definition) is 2. The average Bonchev–Trinajstić information content (AvgIpc) is 2.54. The Bertz CT molecular complexity index is 492. The Labute approximate surface area is 98.8 Å². The highest BCUT2D eigenvalue weighted by molar-refractivity contribution is 9.08. The van der Waals surface area contributed by atoms with Crippen LogP contribution in [0, 0.1) is 0 Å². The van der Waals surface area contributed by atoms with Crippen molar-refractivity contribution < 1.29 is 4.79 Å². The normalized spacial score (nSPS) is 10.7. The maximum absolute atomic E-state index is 10.8. The number of halogens is 2. The van der Waals surface area contributed by atoms with Crippen LogP contribution in [-0.4, -0.2) is 6.29 Å². The highest BCUT2D eigenvalue weighted by atomic mass is 79.9. The van der Waals surface area contributed by atoms with Gasteiger partial charge in [0.1, 0.15) is 6.29 Å². The van der Waals surface area contributed by atoms with Gasteiger partial charge in [-0.05, 0) is 29.1 Å². The molecule has 14 heavy (non-hydrogen) atoms. The van der Waals surface area contributed by atoms with Gasteiger partial charge in [-0.1, -0.05) is 27.5 Å². The molecular weight excluding hydrogens is 284 g/mol. The molecule has 1 aromatic carbocycles. The number of alkyl halides is 1. The summed E-state index contributed by atoms with van der Waals surface area (Å²) in [5.41, 5.74) is 1.73. The zero-order valence-electron chi connectivity index (χ0n) is 7.09. The molecule has 1 nitrogen and oxygen atoms in total. The van der Waals surface area contributed by atoms with Crippen LogP contribution in [0.5, 0.6) is 0 Å². The highest BCUT2D eigenvalue weighted by Crippen LogP contribution is 2.31. The third-order valence-corrected chi connectivity index (χ3v) is 3.85. The van der Waals surface area contributed by atoms with Crippen molar-refractivity contribution in [1.82, 2.24) is 0 Å². The Morgan fingerprint density at radius 2 is 2.21 bits per heavy atom. The molecule has 0 unspecified atom stereocenters.